The number of piperidine rings is 1. The maximum atomic E-state index is 12.9. The molecule has 8 heteroatoms. The number of aryl methyl sites for hydroxylation is 1. The summed E-state index contributed by atoms with van der Waals surface area (Å²) < 4.78 is 11.3. The van der Waals surface area contributed by atoms with E-state index in [1.165, 1.54) is 0 Å². The molecule has 1 unspecified atom stereocenters. The molecule has 2 aliphatic rings. The molecule has 31 heavy (non-hydrogen) atoms. The van der Waals surface area contributed by atoms with Crippen molar-refractivity contribution >= 4 is 34.9 Å². The lowest BCUT2D eigenvalue weighted by Gasteiger charge is -2.32. The Morgan fingerprint density at radius 2 is 1.84 bits per heavy atom. The Kier molecular flexibility index (Phi) is 6.51. The Labute approximate surface area is 186 Å². The summed E-state index contributed by atoms with van der Waals surface area (Å²) >= 11 is 6.35. The van der Waals surface area contributed by atoms with Crippen LogP contribution in [0.1, 0.15) is 24.8 Å². The van der Waals surface area contributed by atoms with Gasteiger partial charge in [-0.25, -0.2) is 4.79 Å². The van der Waals surface area contributed by atoms with Gasteiger partial charge >= 0.3 is 6.03 Å². The van der Waals surface area contributed by atoms with Crippen molar-refractivity contribution in [2.24, 2.45) is 5.92 Å². The number of carbonyl (C=O) groups is 2. The van der Waals surface area contributed by atoms with E-state index in [2.05, 4.69) is 10.6 Å². The van der Waals surface area contributed by atoms with Crippen molar-refractivity contribution < 1.29 is 19.1 Å². The summed E-state index contributed by atoms with van der Waals surface area (Å²) in [5.41, 5.74) is 2.30. The van der Waals surface area contributed by atoms with Gasteiger partial charge in [0.25, 0.3) is 0 Å². The summed E-state index contributed by atoms with van der Waals surface area (Å²) in [4.78, 5) is 27.3. The lowest BCUT2D eigenvalue weighted by atomic mass is 9.97. The van der Waals surface area contributed by atoms with Crippen molar-refractivity contribution in [3.63, 3.8) is 0 Å². The van der Waals surface area contributed by atoms with Crippen LogP contribution in [0.3, 0.4) is 0 Å². The standard InChI is InChI=1S/C23H26ClN3O4/c1-15-5-2-7-17(11-15)25-23(29)27-8-3-6-16(14-27)22(28)26-19-13-21-20(12-18(19)24)30-9-4-10-31-21/h2,5,7,11-13,16H,3-4,6,8-10,14H2,1H3,(H,25,29)(H,26,28). The first-order valence-corrected chi connectivity index (χ1v) is 10.9. The average Bonchev–Trinajstić information content (AvgIpc) is 2.99. The molecule has 3 amide bonds. The zero-order chi connectivity index (χ0) is 21.8. The maximum Gasteiger partial charge on any atom is 0.321 e. The van der Waals surface area contributed by atoms with Crippen LogP contribution in [0.5, 0.6) is 11.5 Å². The molecule has 164 valence electrons. The molecule has 1 fully saturated rings. The maximum absolute atomic E-state index is 12.9. The molecule has 1 atom stereocenters. The number of amides is 3. The van der Waals surface area contributed by atoms with Gasteiger partial charge in [-0.15, -0.1) is 0 Å². The Bertz CT molecular complexity index is 981. The van der Waals surface area contributed by atoms with E-state index >= 15 is 0 Å². The first-order chi connectivity index (χ1) is 15.0. The number of nitrogens with one attached hydrogen (secondary N) is 2. The summed E-state index contributed by atoms with van der Waals surface area (Å²) in [5, 5.41) is 6.21. The lowest BCUT2D eigenvalue weighted by molar-refractivity contribution is -0.121. The van der Waals surface area contributed by atoms with E-state index in [1.807, 2.05) is 31.2 Å². The molecule has 7 nitrogen and oxygen atoms in total. The van der Waals surface area contributed by atoms with E-state index in [9.17, 15) is 9.59 Å². The van der Waals surface area contributed by atoms with Crippen LogP contribution in [0.15, 0.2) is 36.4 Å². The molecule has 2 aromatic rings. The van der Waals surface area contributed by atoms with Gasteiger partial charge in [-0.1, -0.05) is 23.7 Å². The lowest BCUT2D eigenvalue weighted by Crippen LogP contribution is -2.45. The van der Waals surface area contributed by atoms with Gasteiger partial charge in [-0.05, 0) is 37.5 Å². The fourth-order valence-electron chi connectivity index (χ4n) is 3.82. The van der Waals surface area contributed by atoms with Crippen LogP contribution in [0.2, 0.25) is 5.02 Å². The number of ether oxygens (including phenoxy) is 2. The van der Waals surface area contributed by atoms with E-state index < -0.39 is 0 Å². The Morgan fingerprint density at radius 1 is 1.06 bits per heavy atom. The van der Waals surface area contributed by atoms with Crippen molar-refractivity contribution in [3.05, 3.63) is 47.0 Å². The first kappa shape index (κ1) is 21.3. The molecule has 2 aromatic carbocycles. The molecule has 0 spiro atoms. The summed E-state index contributed by atoms with van der Waals surface area (Å²) in [6, 6.07) is 10.8. The molecule has 0 aromatic heterocycles. The zero-order valence-corrected chi connectivity index (χ0v) is 18.2. The number of halogens is 1. The van der Waals surface area contributed by atoms with Gasteiger partial charge < -0.3 is 25.0 Å². The number of rotatable bonds is 3. The highest BCUT2D eigenvalue weighted by Gasteiger charge is 2.29. The summed E-state index contributed by atoms with van der Waals surface area (Å²) in [6.45, 7) is 4.06. The van der Waals surface area contributed by atoms with Gasteiger partial charge in [0.15, 0.2) is 11.5 Å². The highest BCUT2D eigenvalue weighted by atomic mass is 35.5. The number of hydrogen-bond acceptors (Lipinski definition) is 4. The van der Waals surface area contributed by atoms with Crippen molar-refractivity contribution in [2.45, 2.75) is 26.2 Å². The molecule has 0 radical (unpaired) electrons. The fraction of sp³-hybridized carbons (Fsp3) is 0.391. The highest BCUT2D eigenvalue weighted by molar-refractivity contribution is 6.34. The minimum absolute atomic E-state index is 0.163. The molecule has 0 saturated carbocycles. The van der Waals surface area contributed by atoms with Crippen molar-refractivity contribution in [1.82, 2.24) is 4.90 Å². The average molecular weight is 444 g/mol. The third kappa shape index (κ3) is 5.22. The van der Waals surface area contributed by atoms with Gasteiger partial charge in [-0.2, -0.15) is 0 Å². The molecule has 1 saturated heterocycles. The predicted molar refractivity (Wildman–Crippen MR) is 120 cm³/mol. The largest absolute Gasteiger partial charge is 0.490 e. The number of anilines is 2. The number of benzene rings is 2. The van der Waals surface area contributed by atoms with Gasteiger partial charge in [0.2, 0.25) is 5.91 Å². The number of carbonyl (C=O) groups excluding carboxylic acids is 2. The second-order valence-corrected chi connectivity index (χ2v) is 8.31. The zero-order valence-electron chi connectivity index (χ0n) is 17.4. The molecular formula is C23H26ClN3O4. The summed E-state index contributed by atoms with van der Waals surface area (Å²) in [5.74, 6) is 0.672. The molecule has 2 heterocycles. The fourth-order valence-corrected chi connectivity index (χ4v) is 4.02. The number of hydrogen-bond donors (Lipinski definition) is 2. The van der Waals surface area contributed by atoms with Crippen LogP contribution in [-0.4, -0.2) is 43.1 Å². The van der Waals surface area contributed by atoms with E-state index in [0.717, 1.165) is 24.1 Å². The smallest absolute Gasteiger partial charge is 0.321 e. The van der Waals surface area contributed by atoms with Crippen molar-refractivity contribution in [2.75, 3.05) is 36.9 Å². The Morgan fingerprint density at radius 3 is 2.61 bits per heavy atom. The van der Waals surface area contributed by atoms with Crippen LogP contribution in [0.4, 0.5) is 16.2 Å². The van der Waals surface area contributed by atoms with Crippen molar-refractivity contribution in [3.8, 4) is 11.5 Å². The van der Waals surface area contributed by atoms with Crippen LogP contribution >= 0.6 is 11.6 Å². The molecule has 2 aliphatic heterocycles. The SMILES string of the molecule is Cc1cccc(NC(=O)N2CCCC(C(=O)Nc3cc4c(cc3Cl)OCCCO4)C2)c1. The summed E-state index contributed by atoms with van der Waals surface area (Å²) in [6.07, 6.45) is 2.26. The minimum Gasteiger partial charge on any atom is -0.490 e. The molecule has 4 rings (SSSR count). The van der Waals surface area contributed by atoms with Gasteiger partial charge in [0.05, 0.1) is 29.8 Å². The quantitative estimate of drug-likeness (QED) is 0.721. The second-order valence-electron chi connectivity index (χ2n) is 7.90. The van der Waals surface area contributed by atoms with Gasteiger partial charge in [0.1, 0.15) is 0 Å². The van der Waals surface area contributed by atoms with E-state index in [0.29, 0.717) is 54.9 Å². The Balaban J connectivity index is 1.40. The predicted octanol–water partition coefficient (Wildman–Crippen LogP) is 4.69. The highest BCUT2D eigenvalue weighted by Crippen LogP contribution is 2.38. The minimum atomic E-state index is -0.316. The van der Waals surface area contributed by atoms with Gasteiger partial charge in [-0.3, -0.25) is 4.79 Å². The topological polar surface area (TPSA) is 79.9 Å². The van der Waals surface area contributed by atoms with Crippen LogP contribution in [0, 0.1) is 12.8 Å². The van der Waals surface area contributed by atoms with E-state index in [1.54, 1.807) is 17.0 Å². The first-order valence-electron chi connectivity index (χ1n) is 10.5. The third-order valence-electron chi connectivity index (χ3n) is 5.44. The van der Waals surface area contributed by atoms with Crippen molar-refractivity contribution in [1.29, 1.82) is 0 Å². The van der Waals surface area contributed by atoms with E-state index in [4.69, 9.17) is 21.1 Å². The van der Waals surface area contributed by atoms with Crippen LogP contribution in [0.25, 0.3) is 0 Å². The molecule has 0 bridgehead atoms. The van der Waals surface area contributed by atoms with Gasteiger partial charge in [0, 0.05) is 37.3 Å². The second kappa shape index (κ2) is 9.47. The number of nitrogens with zero attached hydrogens (tertiary/aromatic N) is 1. The number of fused-ring (bicyclic) bond motifs is 1. The summed E-state index contributed by atoms with van der Waals surface area (Å²) in [7, 11) is 0. The normalized spacial score (nSPS) is 18.1. The molecule has 0 aliphatic carbocycles. The molecule has 2 N–H and O–H groups in total. The monoisotopic (exact) mass is 443 g/mol. The van der Waals surface area contributed by atoms with E-state index in [-0.39, 0.29) is 17.9 Å². The Hall–Kier alpha value is -2.93. The number of likely N-dealkylation sites (tertiary alicyclic amines) is 1. The number of urea groups is 1. The molecular weight excluding hydrogens is 418 g/mol. The third-order valence-corrected chi connectivity index (χ3v) is 5.76. The van der Waals surface area contributed by atoms with Crippen LogP contribution < -0.4 is 20.1 Å². The van der Waals surface area contributed by atoms with Crippen LogP contribution in [-0.2, 0) is 4.79 Å².